The molecule has 0 aromatic heterocycles. The zero-order valence-corrected chi connectivity index (χ0v) is 13.8. The van der Waals surface area contributed by atoms with E-state index >= 15 is 0 Å². The van der Waals surface area contributed by atoms with E-state index in [1.807, 2.05) is 0 Å². The summed E-state index contributed by atoms with van der Waals surface area (Å²) >= 11 is 9.23. The summed E-state index contributed by atoms with van der Waals surface area (Å²) in [4.78, 5) is 12.6. The van der Waals surface area contributed by atoms with Gasteiger partial charge in [-0.05, 0) is 46.3 Å². The molecule has 0 amide bonds. The van der Waals surface area contributed by atoms with Gasteiger partial charge in [0.2, 0.25) is 0 Å². The Morgan fingerprint density at radius 3 is 2.38 bits per heavy atom. The molecule has 0 aliphatic carbocycles. The van der Waals surface area contributed by atoms with Crippen LogP contribution in [0, 0.1) is 0 Å². The van der Waals surface area contributed by atoms with Gasteiger partial charge in [0.25, 0.3) is 0 Å². The molecule has 2 aromatic rings. The molecule has 0 spiro atoms. The minimum Gasteiger partial charge on any atom is -0.496 e. The van der Waals surface area contributed by atoms with Crippen LogP contribution in [0.25, 0.3) is 0 Å². The average Bonchev–Trinajstić information content (AvgIpc) is 2.49. The van der Waals surface area contributed by atoms with Crippen LogP contribution in [0.5, 0.6) is 11.5 Å². The Morgan fingerprint density at radius 1 is 1.14 bits per heavy atom. The summed E-state index contributed by atoms with van der Waals surface area (Å²) in [5.74, 6) is 0.767. The second-order valence-corrected chi connectivity index (χ2v) is 5.51. The van der Waals surface area contributed by atoms with E-state index in [9.17, 15) is 4.79 Å². The standard InChI is InChI=1S/C15H13BrClNO3/c1-20-13-7-10(16)14(21-2)6-9(13)15(19)8-3-4-11(17)12(18)5-8/h3-7H,18H2,1-2H3. The smallest absolute Gasteiger partial charge is 0.196 e. The zero-order chi connectivity index (χ0) is 15.6. The summed E-state index contributed by atoms with van der Waals surface area (Å²) in [5.41, 5.74) is 6.91. The van der Waals surface area contributed by atoms with Gasteiger partial charge in [-0.25, -0.2) is 0 Å². The fraction of sp³-hybridized carbons (Fsp3) is 0.133. The number of rotatable bonds is 4. The molecule has 0 aliphatic rings. The highest BCUT2D eigenvalue weighted by Gasteiger charge is 2.18. The van der Waals surface area contributed by atoms with Crippen LogP contribution in [0.2, 0.25) is 5.02 Å². The van der Waals surface area contributed by atoms with Gasteiger partial charge in [-0.15, -0.1) is 0 Å². The SMILES string of the molecule is COc1cc(C(=O)c2ccc(Cl)c(N)c2)c(OC)cc1Br. The number of hydrogen-bond donors (Lipinski definition) is 1. The molecule has 0 heterocycles. The van der Waals surface area contributed by atoms with Crippen molar-refractivity contribution in [3.63, 3.8) is 0 Å². The summed E-state index contributed by atoms with van der Waals surface area (Å²) < 4.78 is 11.2. The van der Waals surface area contributed by atoms with Crippen molar-refractivity contribution in [1.82, 2.24) is 0 Å². The molecule has 2 N–H and O–H groups in total. The molecule has 0 radical (unpaired) electrons. The van der Waals surface area contributed by atoms with Crippen molar-refractivity contribution in [3.8, 4) is 11.5 Å². The van der Waals surface area contributed by atoms with E-state index < -0.39 is 0 Å². The van der Waals surface area contributed by atoms with Gasteiger partial charge in [-0.2, -0.15) is 0 Å². The van der Waals surface area contributed by atoms with E-state index in [0.717, 1.165) is 0 Å². The fourth-order valence-electron chi connectivity index (χ4n) is 1.88. The summed E-state index contributed by atoms with van der Waals surface area (Å²) in [6, 6.07) is 8.06. The lowest BCUT2D eigenvalue weighted by molar-refractivity contribution is 0.103. The predicted octanol–water partition coefficient (Wildman–Crippen LogP) is 3.93. The topological polar surface area (TPSA) is 61.5 Å². The Hall–Kier alpha value is -1.72. The van der Waals surface area contributed by atoms with Gasteiger partial charge < -0.3 is 15.2 Å². The molecular weight excluding hydrogens is 358 g/mol. The molecule has 0 saturated carbocycles. The van der Waals surface area contributed by atoms with Gasteiger partial charge in [0.15, 0.2) is 5.78 Å². The van der Waals surface area contributed by atoms with E-state index in [0.29, 0.717) is 37.8 Å². The second-order valence-electron chi connectivity index (χ2n) is 4.25. The van der Waals surface area contributed by atoms with Crippen LogP contribution in [-0.2, 0) is 0 Å². The van der Waals surface area contributed by atoms with Crippen molar-refractivity contribution in [1.29, 1.82) is 0 Å². The number of carbonyl (C=O) groups is 1. The van der Waals surface area contributed by atoms with Crippen molar-refractivity contribution < 1.29 is 14.3 Å². The molecule has 2 rings (SSSR count). The van der Waals surface area contributed by atoms with E-state index in [4.69, 9.17) is 26.8 Å². The molecule has 4 nitrogen and oxygen atoms in total. The number of methoxy groups -OCH3 is 2. The first-order chi connectivity index (χ1) is 9.97. The molecule has 0 bridgehead atoms. The normalized spacial score (nSPS) is 10.3. The number of benzene rings is 2. The van der Waals surface area contributed by atoms with Gasteiger partial charge in [-0.3, -0.25) is 4.79 Å². The number of ether oxygens (including phenoxy) is 2. The molecule has 0 unspecified atom stereocenters. The van der Waals surface area contributed by atoms with Crippen LogP contribution in [0.4, 0.5) is 5.69 Å². The minimum absolute atomic E-state index is 0.221. The van der Waals surface area contributed by atoms with Crippen LogP contribution in [0.1, 0.15) is 15.9 Å². The van der Waals surface area contributed by atoms with Crippen molar-refractivity contribution in [2.45, 2.75) is 0 Å². The maximum absolute atomic E-state index is 12.6. The maximum atomic E-state index is 12.6. The second kappa shape index (κ2) is 6.37. The highest BCUT2D eigenvalue weighted by Crippen LogP contribution is 2.34. The predicted molar refractivity (Wildman–Crippen MR) is 86.5 cm³/mol. The molecule has 2 aromatic carbocycles. The first kappa shape index (κ1) is 15.7. The number of hydrogen-bond acceptors (Lipinski definition) is 4. The zero-order valence-electron chi connectivity index (χ0n) is 11.4. The monoisotopic (exact) mass is 369 g/mol. The fourth-order valence-corrected chi connectivity index (χ4v) is 2.48. The largest absolute Gasteiger partial charge is 0.496 e. The van der Waals surface area contributed by atoms with Crippen LogP contribution < -0.4 is 15.2 Å². The Bertz CT molecular complexity index is 704. The van der Waals surface area contributed by atoms with E-state index in [1.54, 1.807) is 30.3 Å². The van der Waals surface area contributed by atoms with Crippen molar-refractivity contribution in [2.75, 3.05) is 20.0 Å². The molecule has 6 heteroatoms. The Balaban J connectivity index is 2.53. The van der Waals surface area contributed by atoms with E-state index in [-0.39, 0.29) is 5.78 Å². The lowest BCUT2D eigenvalue weighted by Crippen LogP contribution is -2.05. The molecule has 0 saturated heterocycles. The summed E-state index contributed by atoms with van der Waals surface area (Å²) in [7, 11) is 3.03. The third kappa shape index (κ3) is 3.14. The van der Waals surface area contributed by atoms with Crippen molar-refractivity contribution in [3.05, 3.63) is 51.0 Å². The van der Waals surface area contributed by atoms with Crippen LogP contribution in [-0.4, -0.2) is 20.0 Å². The van der Waals surface area contributed by atoms with Gasteiger partial charge in [-0.1, -0.05) is 11.6 Å². The lowest BCUT2D eigenvalue weighted by atomic mass is 10.0. The third-order valence-electron chi connectivity index (χ3n) is 2.98. The van der Waals surface area contributed by atoms with Gasteiger partial charge in [0.1, 0.15) is 11.5 Å². The summed E-state index contributed by atoms with van der Waals surface area (Å²) in [6.45, 7) is 0. The van der Waals surface area contributed by atoms with Gasteiger partial charge >= 0.3 is 0 Å². The highest BCUT2D eigenvalue weighted by atomic mass is 79.9. The van der Waals surface area contributed by atoms with E-state index in [1.165, 1.54) is 14.2 Å². The number of carbonyl (C=O) groups excluding carboxylic acids is 1. The number of nitrogens with two attached hydrogens (primary N) is 1. The average molecular weight is 371 g/mol. The van der Waals surface area contributed by atoms with E-state index in [2.05, 4.69) is 15.9 Å². The van der Waals surface area contributed by atoms with Gasteiger partial charge in [0.05, 0.1) is 35.0 Å². The minimum atomic E-state index is -0.221. The summed E-state index contributed by atoms with van der Waals surface area (Å²) in [5, 5.41) is 0.409. The quantitative estimate of drug-likeness (QED) is 0.654. The lowest BCUT2D eigenvalue weighted by Gasteiger charge is -2.12. The molecule has 0 aliphatic heterocycles. The number of ketones is 1. The Kier molecular flexibility index (Phi) is 4.75. The van der Waals surface area contributed by atoms with Crippen molar-refractivity contribution >= 4 is 39.0 Å². The Labute approximate surface area is 135 Å². The third-order valence-corrected chi connectivity index (χ3v) is 3.94. The summed E-state index contributed by atoms with van der Waals surface area (Å²) in [6.07, 6.45) is 0. The highest BCUT2D eigenvalue weighted by molar-refractivity contribution is 9.10. The Morgan fingerprint density at radius 2 is 1.81 bits per heavy atom. The molecule has 0 fully saturated rings. The first-order valence-electron chi connectivity index (χ1n) is 5.99. The van der Waals surface area contributed by atoms with Crippen LogP contribution in [0.15, 0.2) is 34.8 Å². The molecular formula is C15H13BrClNO3. The van der Waals surface area contributed by atoms with Crippen molar-refractivity contribution in [2.24, 2.45) is 0 Å². The molecule has 0 atom stereocenters. The van der Waals surface area contributed by atoms with Crippen LogP contribution in [0.3, 0.4) is 0 Å². The number of nitrogen functional groups attached to an aromatic ring is 1. The van der Waals surface area contributed by atoms with Crippen LogP contribution >= 0.6 is 27.5 Å². The number of halogens is 2. The molecule has 110 valence electrons. The van der Waals surface area contributed by atoms with Gasteiger partial charge in [0, 0.05) is 5.56 Å². The number of anilines is 1. The molecule has 21 heavy (non-hydrogen) atoms. The first-order valence-corrected chi connectivity index (χ1v) is 7.16. The maximum Gasteiger partial charge on any atom is 0.196 e.